The Hall–Kier alpha value is -2.25. The van der Waals surface area contributed by atoms with Crippen molar-refractivity contribution in [1.29, 1.82) is 0 Å². The normalized spacial score (nSPS) is 19.3. The van der Waals surface area contributed by atoms with Gasteiger partial charge in [0.1, 0.15) is 0 Å². The lowest BCUT2D eigenvalue weighted by molar-refractivity contribution is -0.138. The topological polar surface area (TPSA) is 75.6 Å². The van der Waals surface area contributed by atoms with E-state index in [9.17, 15) is 14.0 Å². The minimum absolute atomic E-state index is 0.0741. The second-order valence-electron chi connectivity index (χ2n) is 5.69. The summed E-state index contributed by atoms with van der Waals surface area (Å²) in [6.07, 6.45) is -0.375. The lowest BCUT2D eigenvalue weighted by Gasteiger charge is -2.21. The van der Waals surface area contributed by atoms with Crippen molar-refractivity contribution in [1.82, 2.24) is 0 Å². The van der Waals surface area contributed by atoms with Gasteiger partial charge in [-0.2, -0.15) is 0 Å². The lowest BCUT2D eigenvalue weighted by Crippen LogP contribution is -2.26. The van der Waals surface area contributed by atoms with Crippen molar-refractivity contribution >= 4 is 40.9 Å². The number of ether oxygens (including phenoxy) is 1. The maximum Gasteiger partial charge on any atom is 0.305 e. The Bertz CT molecular complexity index is 876. The third kappa shape index (κ3) is 3.64. The number of rotatable bonds is 4. The quantitative estimate of drug-likeness (QED) is 0.814. The molecule has 1 aliphatic rings. The monoisotopic (exact) mass is 395 g/mol. The zero-order valence-corrected chi connectivity index (χ0v) is 15.2. The molecule has 2 aromatic carbocycles. The van der Waals surface area contributed by atoms with E-state index < -0.39 is 28.2 Å². The molecule has 2 aromatic rings. The van der Waals surface area contributed by atoms with Gasteiger partial charge in [0.2, 0.25) is 5.91 Å². The van der Waals surface area contributed by atoms with Gasteiger partial charge in [-0.15, -0.1) is 11.8 Å². The molecule has 0 spiro atoms. The number of benzene rings is 2. The fourth-order valence-corrected chi connectivity index (χ4v) is 4.41. The summed E-state index contributed by atoms with van der Waals surface area (Å²) < 4.78 is 19.9. The molecule has 0 bridgehead atoms. The molecule has 2 atom stereocenters. The fourth-order valence-electron chi connectivity index (χ4n) is 2.81. The van der Waals surface area contributed by atoms with Gasteiger partial charge in [0.05, 0.1) is 24.0 Å². The molecule has 0 radical (unpaired) electrons. The fraction of sp³-hybridized carbons (Fsp3) is 0.222. The van der Waals surface area contributed by atoms with Gasteiger partial charge in [-0.3, -0.25) is 9.59 Å². The predicted octanol–water partition coefficient (Wildman–Crippen LogP) is 4.11. The number of hydrogen-bond acceptors (Lipinski definition) is 4. The van der Waals surface area contributed by atoms with Crippen LogP contribution in [-0.4, -0.2) is 29.3 Å². The van der Waals surface area contributed by atoms with E-state index in [1.807, 2.05) is 0 Å². The zero-order chi connectivity index (χ0) is 18.8. The Balaban J connectivity index is 2.15. The van der Waals surface area contributed by atoms with Crippen molar-refractivity contribution in [3.8, 4) is 5.75 Å². The molecule has 26 heavy (non-hydrogen) atoms. The molecule has 0 aliphatic carbocycles. The molecule has 2 N–H and O–H groups in total. The third-order valence-electron chi connectivity index (χ3n) is 4.00. The van der Waals surface area contributed by atoms with Crippen LogP contribution in [0.25, 0.3) is 0 Å². The van der Waals surface area contributed by atoms with Crippen molar-refractivity contribution in [2.75, 3.05) is 12.4 Å². The number of carbonyl (C=O) groups excluding carboxylic acids is 1. The molecule has 1 heterocycles. The smallest absolute Gasteiger partial charge is 0.305 e. The second kappa shape index (κ2) is 7.55. The zero-order valence-electron chi connectivity index (χ0n) is 13.7. The summed E-state index contributed by atoms with van der Waals surface area (Å²) in [5.74, 6) is -2.02. The van der Waals surface area contributed by atoms with Crippen molar-refractivity contribution in [2.24, 2.45) is 0 Å². The molecular formula is C18H15ClFNO4S. The van der Waals surface area contributed by atoms with Crippen molar-refractivity contribution in [2.45, 2.75) is 16.9 Å². The van der Waals surface area contributed by atoms with Gasteiger partial charge in [-0.05, 0) is 29.8 Å². The number of carbonyl (C=O) groups is 2. The van der Waals surface area contributed by atoms with Crippen LogP contribution in [0.2, 0.25) is 5.02 Å². The number of methoxy groups -OCH3 is 1. The SMILES string of the molecule is COc1cccc([C@H]2SC(CC(=O)O)C(=O)Nc3ccc(Cl)cc32)c1F. The number of anilines is 1. The number of carboxylic acids is 1. The van der Waals surface area contributed by atoms with Gasteiger partial charge in [0.25, 0.3) is 0 Å². The number of hydrogen-bond donors (Lipinski definition) is 2. The Morgan fingerprint density at radius 1 is 1.35 bits per heavy atom. The summed E-state index contributed by atoms with van der Waals surface area (Å²) >= 11 is 7.18. The highest BCUT2D eigenvalue weighted by atomic mass is 35.5. The van der Waals surface area contributed by atoms with E-state index in [2.05, 4.69) is 5.32 Å². The minimum atomic E-state index is -1.11. The van der Waals surface area contributed by atoms with Crippen LogP contribution in [0.1, 0.15) is 22.8 Å². The van der Waals surface area contributed by atoms with E-state index >= 15 is 0 Å². The molecule has 0 saturated heterocycles. The summed E-state index contributed by atoms with van der Waals surface area (Å²) in [6.45, 7) is 0. The van der Waals surface area contributed by atoms with Crippen LogP contribution >= 0.6 is 23.4 Å². The van der Waals surface area contributed by atoms with Crippen LogP contribution < -0.4 is 10.1 Å². The number of carboxylic acid groups (broad SMARTS) is 1. The molecule has 1 aliphatic heterocycles. The van der Waals surface area contributed by atoms with Gasteiger partial charge in [0.15, 0.2) is 11.6 Å². The van der Waals surface area contributed by atoms with E-state index in [4.69, 9.17) is 21.4 Å². The second-order valence-corrected chi connectivity index (χ2v) is 7.44. The van der Waals surface area contributed by atoms with E-state index in [1.54, 1.807) is 30.3 Å². The predicted molar refractivity (Wildman–Crippen MR) is 98.5 cm³/mol. The van der Waals surface area contributed by atoms with Crippen LogP contribution in [0.5, 0.6) is 5.75 Å². The van der Waals surface area contributed by atoms with Gasteiger partial charge >= 0.3 is 5.97 Å². The molecule has 1 unspecified atom stereocenters. The number of halogens is 2. The molecule has 1 amide bonds. The van der Waals surface area contributed by atoms with Gasteiger partial charge < -0.3 is 15.2 Å². The molecule has 0 saturated carbocycles. The number of amides is 1. The van der Waals surface area contributed by atoms with Crippen LogP contribution in [0.15, 0.2) is 36.4 Å². The number of fused-ring (bicyclic) bond motifs is 1. The van der Waals surface area contributed by atoms with Crippen LogP contribution in [-0.2, 0) is 9.59 Å². The van der Waals surface area contributed by atoms with Crippen molar-refractivity contribution in [3.63, 3.8) is 0 Å². The highest BCUT2D eigenvalue weighted by Gasteiger charge is 2.34. The van der Waals surface area contributed by atoms with E-state index in [0.29, 0.717) is 21.8 Å². The maximum atomic E-state index is 14.9. The standard InChI is InChI=1S/C18H15ClFNO4S/c1-25-13-4-2-3-10(16(13)20)17-11-7-9(19)5-6-12(11)21-18(24)14(26-17)8-15(22)23/h2-7,14,17H,8H2,1H3,(H,21,24)(H,22,23)/t14?,17-/m1/s1. The van der Waals surface area contributed by atoms with Crippen molar-refractivity contribution < 1.29 is 23.8 Å². The van der Waals surface area contributed by atoms with Crippen LogP contribution in [0.3, 0.4) is 0 Å². The number of thioether (sulfide) groups is 1. The highest BCUT2D eigenvalue weighted by molar-refractivity contribution is 8.01. The van der Waals surface area contributed by atoms with Crippen molar-refractivity contribution in [3.05, 3.63) is 58.4 Å². The lowest BCUT2D eigenvalue weighted by atomic mass is 10.0. The molecular weight excluding hydrogens is 381 g/mol. The average Bonchev–Trinajstić information content (AvgIpc) is 2.72. The number of aliphatic carboxylic acids is 1. The van der Waals surface area contributed by atoms with E-state index in [0.717, 1.165) is 11.8 Å². The van der Waals surface area contributed by atoms with Crippen LogP contribution in [0.4, 0.5) is 10.1 Å². The Morgan fingerprint density at radius 2 is 2.12 bits per heavy atom. The molecule has 0 fully saturated rings. The molecule has 8 heteroatoms. The summed E-state index contributed by atoms with van der Waals surface area (Å²) in [4.78, 5) is 23.6. The number of nitrogens with one attached hydrogen (secondary N) is 1. The first-order valence-corrected chi connectivity index (χ1v) is 9.02. The first-order chi connectivity index (χ1) is 12.4. The van der Waals surface area contributed by atoms with Gasteiger partial charge in [-0.25, -0.2) is 4.39 Å². The molecule has 0 aromatic heterocycles. The van der Waals surface area contributed by atoms with Crippen LogP contribution in [0, 0.1) is 5.82 Å². The maximum absolute atomic E-state index is 14.9. The van der Waals surface area contributed by atoms with Gasteiger partial charge in [-0.1, -0.05) is 23.7 Å². The summed E-state index contributed by atoms with van der Waals surface area (Å²) in [7, 11) is 1.37. The molecule has 136 valence electrons. The summed E-state index contributed by atoms with van der Waals surface area (Å²) in [6, 6.07) is 9.63. The van der Waals surface area contributed by atoms with Gasteiger partial charge in [0, 0.05) is 16.3 Å². The first-order valence-electron chi connectivity index (χ1n) is 7.70. The summed E-state index contributed by atoms with van der Waals surface area (Å²) in [5, 5.41) is 10.8. The van der Waals surface area contributed by atoms with E-state index in [-0.39, 0.29) is 12.2 Å². The first kappa shape index (κ1) is 18.5. The Morgan fingerprint density at radius 3 is 2.81 bits per heavy atom. The van der Waals surface area contributed by atoms with E-state index in [1.165, 1.54) is 13.2 Å². The minimum Gasteiger partial charge on any atom is -0.494 e. The average molecular weight is 396 g/mol. The molecule has 5 nitrogen and oxygen atoms in total. The molecule has 3 rings (SSSR count). The third-order valence-corrected chi connectivity index (χ3v) is 5.73. The Kier molecular flexibility index (Phi) is 5.38. The highest BCUT2D eigenvalue weighted by Crippen LogP contribution is 2.47. The largest absolute Gasteiger partial charge is 0.494 e. The Labute approximate surface area is 158 Å². The summed E-state index contributed by atoms with van der Waals surface area (Å²) in [5.41, 5.74) is 1.38.